The van der Waals surface area contributed by atoms with Crippen molar-refractivity contribution in [1.82, 2.24) is 0 Å². The molecule has 0 aliphatic carbocycles. The van der Waals surface area contributed by atoms with E-state index in [0.29, 0.717) is 11.4 Å². The van der Waals surface area contributed by atoms with Crippen molar-refractivity contribution in [2.24, 2.45) is 0 Å². The third-order valence-electron chi connectivity index (χ3n) is 3.57. The molecule has 5 heteroatoms. The van der Waals surface area contributed by atoms with Crippen molar-refractivity contribution in [3.05, 3.63) is 64.9 Å². The highest BCUT2D eigenvalue weighted by Gasteiger charge is 2.12. The Kier molecular flexibility index (Phi) is 5.80. The largest absolute Gasteiger partial charge is 0.495 e. The van der Waals surface area contributed by atoms with Crippen molar-refractivity contribution >= 4 is 17.3 Å². The van der Waals surface area contributed by atoms with Crippen LogP contribution in [0.15, 0.2) is 48.2 Å². The molecule has 0 atom stereocenters. The number of aryl methyl sites for hydroxylation is 3. The van der Waals surface area contributed by atoms with Crippen molar-refractivity contribution in [3.63, 3.8) is 0 Å². The van der Waals surface area contributed by atoms with Gasteiger partial charge in [0.25, 0.3) is 5.91 Å². The van der Waals surface area contributed by atoms with Gasteiger partial charge in [0.15, 0.2) is 0 Å². The van der Waals surface area contributed by atoms with E-state index in [-0.39, 0.29) is 5.57 Å². The molecule has 0 heterocycles. The van der Waals surface area contributed by atoms with Gasteiger partial charge in [-0.1, -0.05) is 12.1 Å². The van der Waals surface area contributed by atoms with E-state index >= 15 is 0 Å². The SMILES string of the molecule is COc1ccc(C)cc1NC(=O)/C(C#N)=C\Nc1cc(C)cc(C)c1. The highest BCUT2D eigenvalue weighted by Crippen LogP contribution is 2.25. The Balaban J connectivity index is 2.18. The van der Waals surface area contributed by atoms with Gasteiger partial charge in [-0.3, -0.25) is 4.79 Å². The van der Waals surface area contributed by atoms with Gasteiger partial charge >= 0.3 is 0 Å². The third-order valence-corrected chi connectivity index (χ3v) is 3.57. The molecule has 0 saturated carbocycles. The summed E-state index contributed by atoms with van der Waals surface area (Å²) in [7, 11) is 1.53. The maximum atomic E-state index is 12.4. The van der Waals surface area contributed by atoms with Crippen LogP contribution in [0.3, 0.4) is 0 Å². The van der Waals surface area contributed by atoms with E-state index in [9.17, 15) is 10.1 Å². The summed E-state index contributed by atoms with van der Waals surface area (Å²) in [5, 5.41) is 15.0. The molecule has 2 N–H and O–H groups in total. The highest BCUT2D eigenvalue weighted by molar-refractivity contribution is 6.07. The number of carbonyl (C=O) groups excluding carboxylic acids is 1. The highest BCUT2D eigenvalue weighted by atomic mass is 16.5. The molecule has 0 aromatic heterocycles. The summed E-state index contributed by atoms with van der Waals surface area (Å²) < 4.78 is 5.24. The second kappa shape index (κ2) is 8.02. The van der Waals surface area contributed by atoms with Crippen LogP contribution in [0.1, 0.15) is 16.7 Å². The molecule has 0 fully saturated rings. The molecule has 0 saturated heterocycles. The Hall–Kier alpha value is -3.26. The zero-order valence-corrected chi connectivity index (χ0v) is 14.8. The summed E-state index contributed by atoms with van der Waals surface area (Å²) in [6.45, 7) is 5.89. The lowest BCUT2D eigenvalue weighted by Crippen LogP contribution is -2.15. The van der Waals surface area contributed by atoms with Gasteiger partial charge in [0.1, 0.15) is 17.4 Å². The van der Waals surface area contributed by atoms with Crippen molar-refractivity contribution in [2.75, 3.05) is 17.7 Å². The maximum absolute atomic E-state index is 12.4. The summed E-state index contributed by atoms with van der Waals surface area (Å²) in [5.41, 5.74) is 4.51. The van der Waals surface area contributed by atoms with Crippen LogP contribution in [0.5, 0.6) is 5.75 Å². The fourth-order valence-corrected chi connectivity index (χ4v) is 2.47. The van der Waals surface area contributed by atoms with Crippen LogP contribution in [-0.2, 0) is 4.79 Å². The standard InChI is InChI=1S/C20H21N3O2/c1-13-5-6-19(25-4)18(10-13)23-20(24)16(11-21)12-22-17-8-14(2)7-15(3)9-17/h5-10,12,22H,1-4H3,(H,23,24)/b16-12-. The van der Waals surface area contributed by atoms with Crippen LogP contribution in [0, 0.1) is 32.1 Å². The number of carbonyl (C=O) groups is 1. The molecule has 2 rings (SSSR count). The Morgan fingerprint density at radius 2 is 1.76 bits per heavy atom. The minimum Gasteiger partial charge on any atom is -0.495 e. The van der Waals surface area contributed by atoms with Crippen molar-refractivity contribution in [1.29, 1.82) is 5.26 Å². The van der Waals surface area contributed by atoms with E-state index in [1.54, 1.807) is 12.1 Å². The lowest BCUT2D eigenvalue weighted by Gasteiger charge is -2.11. The Morgan fingerprint density at radius 1 is 1.08 bits per heavy atom. The lowest BCUT2D eigenvalue weighted by atomic mass is 10.1. The van der Waals surface area contributed by atoms with E-state index in [1.807, 2.05) is 45.0 Å². The third kappa shape index (κ3) is 4.85. The Labute approximate surface area is 147 Å². The molecular weight excluding hydrogens is 314 g/mol. The van der Waals surface area contributed by atoms with Crippen LogP contribution < -0.4 is 15.4 Å². The van der Waals surface area contributed by atoms with Crippen LogP contribution in [0.25, 0.3) is 0 Å². The minimum atomic E-state index is -0.497. The number of nitrogens with zero attached hydrogens (tertiary/aromatic N) is 1. The van der Waals surface area contributed by atoms with Gasteiger partial charge in [0.05, 0.1) is 12.8 Å². The van der Waals surface area contributed by atoms with Gasteiger partial charge in [0.2, 0.25) is 0 Å². The molecule has 1 amide bonds. The van der Waals surface area contributed by atoms with Crippen molar-refractivity contribution < 1.29 is 9.53 Å². The Morgan fingerprint density at radius 3 is 2.36 bits per heavy atom. The molecular formula is C20H21N3O2. The maximum Gasteiger partial charge on any atom is 0.267 e. The molecule has 0 radical (unpaired) electrons. The average molecular weight is 335 g/mol. The van der Waals surface area contributed by atoms with Crippen molar-refractivity contribution in [3.8, 4) is 11.8 Å². The van der Waals surface area contributed by atoms with Gasteiger partial charge in [-0.2, -0.15) is 5.26 Å². The quantitative estimate of drug-likeness (QED) is 0.638. The number of hydrogen-bond donors (Lipinski definition) is 2. The zero-order valence-electron chi connectivity index (χ0n) is 14.8. The number of nitriles is 1. The first-order valence-electron chi connectivity index (χ1n) is 7.84. The molecule has 2 aromatic carbocycles. The first-order chi connectivity index (χ1) is 11.9. The van der Waals surface area contributed by atoms with Crippen LogP contribution in [0.2, 0.25) is 0 Å². The number of anilines is 2. The number of ether oxygens (including phenoxy) is 1. The summed E-state index contributed by atoms with van der Waals surface area (Å²) in [5.74, 6) is 0.0433. The molecule has 128 valence electrons. The zero-order chi connectivity index (χ0) is 18.4. The molecule has 0 unspecified atom stereocenters. The summed E-state index contributed by atoms with van der Waals surface area (Å²) in [6.07, 6.45) is 1.41. The Bertz CT molecular complexity index is 843. The normalized spacial score (nSPS) is 10.8. The van der Waals surface area contributed by atoms with Crippen LogP contribution in [0.4, 0.5) is 11.4 Å². The fraction of sp³-hybridized carbons (Fsp3) is 0.200. The van der Waals surface area contributed by atoms with Gasteiger partial charge in [-0.25, -0.2) is 0 Å². The lowest BCUT2D eigenvalue weighted by molar-refractivity contribution is -0.112. The van der Waals surface area contributed by atoms with E-state index < -0.39 is 5.91 Å². The number of methoxy groups -OCH3 is 1. The molecule has 0 aliphatic heterocycles. The molecule has 2 aromatic rings. The summed E-state index contributed by atoms with van der Waals surface area (Å²) in [4.78, 5) is 12.4. The second-order valence-corrected chi connectivity index (χ2v) is 5.85. The molecule has 0 aliphatic rings. The number of amides is 1. The van der Waals surface area contributed by atoms with Gasteiger partial charge in [-0.05, 0) is 61.7 Å². The summed E-state index contributed by atoms with van der Waals surface area (Å²) >= 11 is 0. The predicted octanol–water partition coefficient (Wildman–Crippen LogP) is 4.08. The molecule has 5 nitrogen and oxygen atoms in total. The fourth-order valence-electron chi connectivity index (χ4n) is 2.47. The number of rotatable bonds is 5. The minimum absolute atomic E-state index is 0.0253. The summed E-state index contributed by atoms with van der Waals surface area (Å²) in [6, 6.07) is 13.3. The second-order valence-electron chi connectivity index (χ2n) is 5.85. The number of hydrogen-bond acceptors (Lipinski definition) is 4. The predicted molar refractivity (Wildman–Crippen MR) is 99.6 cm³/mol. The number of benzene rings is 2. The first kappa shape index (κ1) is 18.1. The van der Waals surface area contributed by atoms with Crippen molar-refractivity contribution in [2.45, 2.75) is 20.8 Å². The monoisotopic (exact) mass is 335 g/mol. The molecule has 25 heavy (non-hydrogen) atoms. The van der Waals surface area contributed by atoms with Crippen LogP contribution >= 0.6 is 0 Å². The van der Waals surface area contributed by atoms with Crippen LogP contribution in [-0.4, -0.2) is 13.0 Å². The molecule has 0 bridgehead atoms. The van der Waals surface area contributed by atoms with E-state index in [2.05, 4.69) is 16.7 Å². The van der Waals surface area contributed by atoms with Gasteiger partial charge < -0.3 is 15.4 Å². The molecule has 0 spiro atoms. The van der Waals surface area contributed by atoms with E-state index in [1.165, 1.54) is 13.3 Å². The average Bonchev–Trinajstić information content (AvgIpc) is 2.54. The first-order valence-corrected chi connectivity index (χ1v) is 7.84. The number of nitrogens with one attached hydrogen (secondary N) is 2. The van der Waals surface area contributed by atoms with Gasteiger partial charge in [-0.15, -0.1) is 0 Å². The van der Waals surface area contributed by atoms with Gasteiger partial charge in [0, 0.05) is 11.9 Å². The topological polar surface area (TPSA) is 74.1 Å². The van der Waals surface area contributed by atoms with E-state index in [4.69, 9.17) is 4.74 Å². The van der Waals surface area contributed by atoms with E-state index in [0.717, 1.165) is 22.4 Å². The smallest absolute Gasteiger partial charge is 0.267 e.